The zero-order valence-corrected chi connectivity index (χ0v) is 14.7. The number of hydrogen-bond donors (Lipinski definition) is 0. The molecule has 0 aromatic rings. The summed E-state index contributed by atoms with van der Waals surface area (Å²) in [7, 11) is 0. The molecule has 3 aliphatic rings. The summed E-state index contributed by atoms with van der Waals surface area (Å²) in [6.45, 7) is 5.33. The smallest absolute Gasteiger partial charge is 0.149 e. The van der Waals surface area contributed by atoms with Crippen LogP contribution in [0.5, 0.6) is 0 Å². The minimum Gasteiger partial charge on any atom is -0.374 e. The quantitative estimate of drug-likeness (QED) is 0.771. The van der Waals surface area contributed by atoms with E-state index in [0.29, 0.717) is 16.3 Å². The minimum atomic E-state index is 0.0363. The van der Waals surface area contributed by atoms with Crippen LogP contribution in [0.4, 0.5) is 0 Å². The summed E-state index contributed by atoms with van der Waals surface area (Å²) in [5, 5.41) is 1.50. The van der Waals surface area contributed by atoms with Gasteiger partial charge in [-0.15, -0.1) is 11.8 Å². The number of carbonyl (C=O) groups excluding carboxylic acids is 1. The molecule has 3 rings (SSSR count). The summed E-state index contributed by atoms with van der Waals surface area (Å²) < 4.78 is 6.05. The second-order valence-corrected chi connectivity index (χ2v) is 10.4. The summed E-state index contributed by atoms with van der Waals surface area (Å²) in [5.41, 5.74) is 0.0363. The Bertz CT molecular complexity index is 368. The van der Waals surface area contributed by atoms with Crippen molar-refractivity contribution >= 4 is 41.1 Å². The molecule has 0 radical (unpaired) electrons. The second kappa shape index (κ2) is 6.43. The first-order valence-corrected chi connectivity index (χ1v) is 10.8. The van der Waals surface area contributed by atoms with Gasteiger partial charge in [-0.05, 0) is 25.0 Å². The van der Waals surface area contributed by atoms with Gasteiger partial charge in [-0.1, -0.05) is 13.8 Å². The average molecular weight is 333 g/mol. The van der Waals surface area contributed by atoms with E-state index in [1.54, 1.807) is 0 Å². The van der Waals surface area contributed by atoms with E-state index in [4.69, 9.17) is 4.74 Å². The van der Waals surface area contributed by atoms with Crippen LogP contribution in [-0.2, 0) is 9.53 Å². The Kier molecular flexibility index (Phi) is 5.01. The van der Waals surface area contributed by atoms with Crippen molar-refractivity contribution in [2.45, 2.75) is 54.5 Å². The highest BCUT2D eigenvalue weighted by molar-refractivity contribution is 8.08. The van der Waals surface area contributed by atoms with Crippen LogP contribution in [0.25, 0.3) is 0 Å². The van der Waals surface area contributed by atoms with Crippen molar-refractivity contribution in [1.82, 2.24) is 0 Å². The molecular formula is C15H24O2S3. The third-order valence-corrected chi connectivity index (χ3v) is 9.46. The van der Waals surface area contributed by atoms with Crippen LogP contribution in [0.15, 0.2) is 0 Å². The van der Waals surface area contributed by atoms with Crippen molar-refractivity contribution in [3.8, 4) is 0 Å². The Labute approximate surface area is 134 Å². The molecule has 3 saturated heterocycles. The summed E-state index contributed by atoms with van der Waals surface area (Å²) in [6, 6.07) is 0. The van der Waals surface area contributed by atoms with Crippen LogP contribution >= 0.6 is 35.3 Å². The highest BCUT2D eigenvalue weighted by Crippen LogP contribution is 2.43. The van der Waals surface area contributed by atoms with Gasteiger partial charge in [0.05, 0.1) is 10.9 Å². The van der Waals surface area contributed by atoms with Gasteiger partial charge in [-0.25, -0.2) is 0 Å². The van der Waals surface area contributed by atoms with Crippen molar-refractivity contribution in [3.63, 3.8) is 0 Å². The maximum absolute atomic E-state index is 12.8. The van der Waals surface area contributed by atoms with Gasteiger partial charge >= 0.3 is 0 Å². The largest absolute Gasteiger partial charge is 0.374 e. The number of ketones is 1. The van der Waals surface area contributed by atoms with Crippen molar-refractivity contribution in [2.75, 3.05) is 23.9 Å². The van der Waals surface area contributed by atoms with E-state index < -0.39 is 0 Å². The molecule has 5 unspecified atom stereocenters. The zero-order valence-electron chi connectivity index (χ0n) is 12.3. The van der Waals surface area contributed by atoms with Gasteiger partial charge in [0.25, 0.3) is 0 Å². The molecule has 5 atom stereocenters. The highest BCUT2D eigenvalue weighted by atomic mass is 32.2. The molecule has 0 saturated carbocycles. The number of rotatable bonds is 2. The van der Waals surface area contributed by atoms with Gasteiger partial charge in [0.2, 0.25) is 0 Å². The average Bonchev–Trinajstić information content (AvgIpc) is 2.89. The van der Waals surface area contributed by atoms with E-state index >= 15 is 0 Å². The second-order valence-electron chi connectivity index (χ2n) is 6.29. The Morgan fingerprint density at radius 3 is 2.85 bits per heavy atom. The number of hydrogen-bond acceptors (Lipinski definition) is 5. The molecular weight excluding hydrogens is 308 g/mol. The third kappa shape index (κ3) is 3.21. The Morgan fingerprint density at radius 2 is 2.15 bits per heavy atom. The van der Waals surface area contributed by atoms with Gasteiger partial charge < -0.3 is 4.74 Å². The Balaban J connectivity index is 1.62. The van der Waals surface area contributed by atoms with Gasteiger partial charge in [-0.3, -0.25) is 4.79 Å². The van der Waals surface area contributed by atoms with Crippen LogP contribution < -0.4 is 0 Å². The molecule has 3 heterocycles. The van der Waals surface area contributed by atoms with Crippen LogP contribution in [0.2, 0.25) is 0 Å². The third-order valence-electron chi connectivity index (χ3n) is 4.83. The van der Waals surface area contributed by atoms with Crippen LogP contribution in [-0.4, -0.2) is 51.0 Å². The summed E-state index contributed by atoms with van der Waals surface area (Å²) in [5.74, 6) is 4.07. The minimum absolute atomic E-state index is 0.0363. The number of thioether (sulfide) groups is 3. The predicted molar refractivity (Wildman–Crippen MR) is 91.1 cm³/mol. The van der Waals surface area contributed by atoms with Gasteiger partial charge in [0, 0.05) is 34.5 Å². The van der Waals surface area contributed by atoms with E-state index in [9.17, 15) is 4.79 Å². The molecule has 1 spiro atoms. The highest BCUT2D eigenvalue weighted by Gasteiger charge is 2.44. The van der Waals surface area contributed by atoms with Crippen LogP contribution in [0, 0.1) is 5.92 Å². The van der Waals surface area contributed by atoms with Crippen molar-refractivity contribution in [2.24, 2.45) is 5.92 Å². The van der Waals surface area contributed by atoms with Gasteiger partial charge in [-0.2, -0.15) is 23.5 Å². The summed E-state index contributed by atoms with van der Waals surface area (Å²) in [4.78, 5) is 12.8. The molecule has 0 amide bonds. The molecule has 3 aliphatic heterocycles. The lowest BCUT2D eigenvalue weighted by Gasteiger charge is -2.39. The molecule has 2 nitrogen and oxygen atoms in total. The fourth-order valence-electron chi connectivity index (χ4n) is 3.33. The lowest BCUT2D eigenvalue weighted by molar-refractivity contribution is -0.133. The first-order valence-electron chi connectivity index (χ1n) is 7.62. The maximum Gasteiger partial charge on any atom is 0.149 e. The Morgan fingerprint density at radius 1 is 1.30 bits per heavy atom. The predicted octanol–water partition coefficient (Wildman–Crippen LogP) is 3.48. The normalized spacial score (nSPS) is 45.7. The van der Waals surface area contributed by atoms with E-state index in [1.165, 1.54) is 5.75 Å². The van der Waals surface area contributed by atoms with Crippen molar-refractivity contribution in [3.05, 3.63) is 0 Å². The summed E-state index contributed by atoms with van der Waals surface area (Å²) >= 11 is 5.87. The molecule has 114 valence electrons. The van der Waals surface area contributed by atoms with Crippen molar-refractivity contribution < 1.29 is 9.53 Å². The Hall–Kier alpha value is 0.680. The lowest BCUT2D eigenvalue weighted by Crippen LogP contribution is -2.45. The van der Waals surface area contributed by atoms with E-state index in [0.717, 1.165) is 37.4 Å². The molecule has 5 heteroatoms. The molecule has 0 aromatic heterocycles. The SMILES string of the molecule is CC1SCC(C(=O)C2CCOC3(CCSC3)C2)SC1C. The van der Waals surface area contributed by atoms with Gasteiger partial charge in [0.1, 0.15) is 5.78 Å². The number of carbonyl (C=O) groups is 1. The van der Waals surface area contributed by atoms with Crippen LogP contribution in [0.1, 0.15) is 33.1 Å². The van der Waals surface area contributed by atoms with Crippen LogP contribution in [0.3, 0.4) is 0 Å². The first kappa shape index (κ1) is 15.6. The molecule has 0 bridgehead atoms. The lowest BCUT2D eigenvalue weighted by atomic mass is 9.82. The monoisotopic (exact) mass is 332 g/mol. The number of ether oxygens (including phenoxy) is 1. The topological polar surface area (TPSA) is 26.3 Å². The summed E-state index contributed by atoms with van der Waals surface area (Å²) in [6.07, 6.45) is 3.06. The van der Waals surface area contributed by atoms with E-state index in [1.807, 2.05) is 35.3 Å². The maximum atomic E-state index is 12.8. The molecule has 3 fully saturated rings. The standard InChI is InChI=1S/C15H24O2S3/c1-10-11(2)20-13(8-19-10)14(16)12-3-5-17-15(7-12)4-6-18-9-15/h10-13H,3-9H2,1-2H3. The molecule has 0 aromatic carbocycles. The molecule has 20 heavy (non-hydrogen) atoms. The fraction of sp³-hybridized carbons (Fsp3) is 0.933. The number of Topliss-reactive ketones (excluding diaryl/α,β-unsaturated/α-hetero) is 1. The first-order chi connectivity index (χ1) is 9.60. The van der Waals surface area contributed by atoms with E-state index in [-0.39, 0.29) is 16.8 Å². The fourth-order valence-corrected chi connectivity index (χ4v) is 7.67. The molecule has 0 aliphatic carbocycles. The van der Waals surface area contributed by atoms with Gasteiger partial charge in [0.15, 0.2) is 0 Å². The van der Waals surface area contributed by atoms with Crippen molar-refractivity contribution in [1.29, 1.82) is 0 Å². The van der Waals surface area contributed by atoms with E-state index in [2.05, 4.69) is 13.8 Å². The zero-order chi connectivity index (χ0) is 14.2. The molecule has 0 N–H and O–H groups in total.